The fourth-order valence-corrected chi connectivity index (χ4v) is 2.08. The van der Waals surface area contributed by atoms with Crippen molar-refractivity contribution in [1.29, 1.82) is 0 Å². The van der Waals surface area contributed by atoms with E-state index in [0.717, 1.165) is 6.42 Å². The van der Waals surface area contributed by atoms with Crippen LogP contribution in [0.25, 0.3) is 0 Å². The largest absolute Gasteiger partial charge is 0.378 e. The Labute approximate surface area is 114 Å². The molecular weight excluding hydrogens is 246 g/mol. The first-order chi connectivity index (χ1) is 9.08. The van der Waals surface area contributed by atoms with Gasteiger partial charge < -0.3 is 20.7 Å². The van der Waals surface area contributed by atoms with Crippen molar-refractivity contribution in [2.75, 3.05) is 32.8 Å². The molecule has 1 saturated heterocycles. The molecule has 0 aliphatic carbocycles. The van der Waals surface area contributed by atoms with Crippen molar-refractivity contribution in [1.82, 2.24) is 10.2 Å². The van der Waals surface area contributed by atoms with E-state index < -0.39 is 6.04 Å². The maximum Gasteiger partial charge on any atom is 0.245 e. The molecule has 1 aliphatic rings. The topological polar surface area (TPSA) is 84.7 Å². The molecule has 1 fully saturated rings. The maximum atomic E-state index is 12.1. The molecule has 2 amide bonds. The van der Waals surface area contributed by atoms with Crippen LogP contribution in [0.5, 0.6) is 0 Å². The van der Waals surface area contributed by atoms with E-state index in [1.807, 2.05) is 6.92 Å². The number of carbonyl (C=O) groups is 2. The Hall–Kier alpha value is -1.14. The summed E-state index contributed by atoms with van der Waals surface area (Å²) in [5, 5.41) is 2.75. The SMILES string of the molecule is CCC(CN)CC(=O)NC(C)C(=O)N1CCOCC1. The van der Waals surface area contributed by atoms with Crippen LogP contribution < -0.4 is 11.1 Å². The molecule has 0 aromatic rings. The molecule has 1 heterocycles. The molecule has 2 atom stereocenters. The monoisotopic (exact) mass is 271 g/mol. The third-order valence-electron chi connectivity index (χ3n) is 3.46. The smallest absolute Gasteiger partial charge is 0.245 e. The van der Waals surface area contributed by atoms with Gasteiger partial charge in [0, 0.05) is 19.5 Å². The third kappa shape index (κ3) is 5.16. The van der Waals surface area contributed by atoms with E-state index in [-0.39, 0.29) is 17.7 Å². The summed E-state index contributed by atoms with van der Waals surface area (Å²) in [6, 6.07) is -0.485. The quantitative estimate of drug-likeness (QED) is 0.696. The minimum Gasteiger partial charge on any atom is -0.378 e. The fraction of sp³-hybridized carbons (Fsp3) is 0.846. The minimum atomic E-state index is -0.485. The van der Waals surface area contributed by atoms with Crippen LogP contribution in [0.1, 0.15) is 26.7 Å². The van der Waals surface area contributed by atoms with Crippen LogP contribution in [0.4, 0.5) is 0 Å². The molecule has 0 radical (unpaired) electrons. The zero-order valence-electron chi connectivity index (χ0n) is 11.9. The van der Waals surface area contributed by atoms with Crippen LogP contribution in [-0.2, 0) is 14.3 Å². The predicted octanol–water partition coefficient (Wildman–Crippen LogP) is -0.275. The molecule has 19 heavy (non-hydrogen) atoms. The highest BCUT2D eigenvalue weighted by molar-refractivity contribution is 5.87. The van der Waals surface area contributed by atoms with E-state index in [2.05, 4.69) is 5.32 Å². The lowest BCUT2D eigenvalue weighted by molar-refractivity contribution is -0.139. The lowest BCUT2D eigenvalue weighted by Gasteiger charge is -2.29. The van der Waals surface area contributed by atoms with Gasteiger partial charge in [-0.3, -0.25) is 9.59 Å². The summed E-state index contributed by atoms with van der Waals surface area (Å²) in [5.74, 6) is 0.0366. The number of nitrogens with one attached hydrogen (secondary N) is 1. The van der Waals surface area contributed by atoms with Crippen molar-refractivity contribution < 1.29 is 14.3 Å². The molecule has 3 N–H and O–H groups in total. The molecule has 6 nitrogen and oxygen atoms in total. The number of ether oxygens (including phenoxy) is 1. The van der Waals surface area contributed by atoms with E-state index in [1.54, 1.807) is 11.8 Å². The number of rotatable bonds is 6. The predicted molar refractivity (Wildman–Crippen MR) is 72.5 cm³/mol. The van der Waals surface area contributed by atoms with E-state index in [1.165, 1.54) is 0 Å². The highest BCUT2D eigenvalue weighted by Crippen LogP contribution is 2.06. The summed E-state index contributed by atoms with van der Waals surface area (Å²) in [6.07, 6.45) is 1.25. The van der Waals surface area contributed by atoms with Crippen LogP contribution in [0.3, 0.4) is 0 Å². The Bertz CT molecular complexity index is 300. The van der Waals surface area contributed by atoms with E-state index in [9.17, 15) is 9.59 Å². The Morgan fingerprint density at radius 1 is 1.37 bits per heavy atom. The first kappa shape index (κ1) is 15.9. The van der Waals surface area contributed by atoms with Gasteiger partial charge in [0.2, 0.25) is 11.8 Å². The molecular formula is C13H25N3O3. The average Bonchev–Trinajstić information content (AvgIpc) is 2.44. The second kappa shape index (κ2) is 8.12. The van der Waals surface area contributed by atoms with E-state index >= 15 is 0 Å². The Morgan fingerprint density at radius 3 is 2.53 bits per heavy atom. The first-order valence-corrected chi connectivity index (χ1v) is 6.94. The molecule has 6 heteroatoms. The molecule has 0 aromatic heterocycles. The Balaban J connectivity index is 2.38. The number of hydrogen-bond acceptors (Lipinski definition) is 4. The van der Waals surface area contributed by atoms with Gasteiger partial charge in [-0.1, -0.05) is 13.3 Å². The number of hydrogen-bond donors (Lipinski definition) is 2. The lowest BCUT2D eigenvalue weighted by atomic mass is 10.0. The number of nitrogens with zero attached hydrogens (tertiary/aromatic N) is 1. The zero-order valence-corrected chi connectivity index (χ0v) is 11.9. The Morgan fingerprint density at radius 2 is 2.00 bits per heavy atom. The van der Waals surface area contributed by atoms with Crippen molar-refractivity contribution in [3.63, 3.8) is 0 Å². The van der Waals surface area contributed by atoms with Gasteiger partial charge in [-0.2, -0.15) is 0 Å². The molecule has 1 rings (SSSR count). The van der Waals surface area contributed by atoms with Crippen LogP contribution in [0, 0.1) is 5.92 Å². The second-order valence-electron chi connectivity index (χ2n) is 4.94. The first-order valence-electron chi connectivity index (χ1n) is 6.94. The normalized spacial score (nSPS) is 18.8. The third-order valence-corrected chi connectivity index (χ3v) is 3.46. The van der Waals surface area contributed by atoms with Crippen molar-refractivity contribution in [2.24, 2.45) is 11.7 Å². The van der Waals surface area contributed by atoms with Gasteiger partial charge in [0.15, 0.2) is 0 Å². The number of amides is 2. The summed E-state index contributed by atoms with van der Waals surface area (Å²) in [6.45, 7) is 6.55. The highest BCUT2D eigenvalue weighted by Gasteiger charge is 2.24. The summed E-state index contributed by atoms with van der Waals surface area (Å²) >= 11 is 0. The van der Waals surface area contributed by atoms with Crippen LogP contribution in [-0.4, -0.2) is 55.6 Å². The number of morpholine rings is 1. The summed E-state index contributed by atoms with van der Waals surface area (Å²) in [5.41, 5.74) is 5.57. The number of nitrogens with two attached hydrogens (primary N) is 1. The average molecular weight is 271 g/mol. The van der Waals surface area contributed by atoms with Gasteiger partial charge in [0.25, 0.3) is 0 Å². The minimum absolute atomic E-state index is 0.0440. The van der Waals surface area contributed by atoms with Crippen LogP contribution in [0.15, 0.2) is 0 Å². The van der Waals surface area contributed by atoms with Crippen molar-refractivity contribution in [3.05, 3.63) is 0 Å². The number of carbonyl (C=O) groups excluding carboxylic acids is 2. The van der Waals surface area contributed by atoms with Crippen LogP contribution >= 0.6 is 0 Å². The van der Waals surface area contributed by atoms with E-state index in [0.29, 0.717) is 39.3 Å². The lowest BCUT2D eigenvalue weighted by Crippen LogP contribution is -2.50. The summed E-state index contributed by atoms with van der Waals surface area (Å²) in [7, 11) is 0. The molecule has 0 bridgehead atoms. The molecule has 2 unspecified atom stereocenters. The Kier molecular flexibility index (Phi) is 6.80. The van der Waals surface area contributed by atoms with Gasteiger partial charge in [-0.25, -0.2) is 0 Å². The standard InChI is InChI=1S/C13H25N3O3/c1-3-11(9-14)8-12(17)15-10(2)13(18)16-4-6-19-7-5-16/h10-11H,3-9,14H2,1-2H3,(H,15,17). The summed E-state index contributed by atoms with van der Waals surface area (Å²) in [4.78, 5) is 25.6. The highest BCUT2D eigenvalue weighted by atomic mass is 16.5. The zero-order chi connectivity index (χ0) is 14.3. The van der Waals surface area contributed by atoms with Gasteiger partial charge in [0.1, 0.15) is 6.04 Å². The van der Waals surface area contributed by atoms with Crippen molar-refractivity contribution in [2.45, 2.75) is 32.7 Å². The van der Waals surface area contributed by atoms with Gasteiger partial charge in [0.05, 0.1) is 13.2 Å². The van der Waals surface area contributed by atoms with E-state index in [4.69, 9.17) is 10.5 Å². The van der Waals surface area contributed by atoms with Crippen molar-refractivity contribution in [3.8, 4) is 0 Å². The molecule has 0 aromatic carbocycles. The molecule has 1 aliphatic heterocycles. The molecule has 0 saturated carbocycles. The second-order valence-corrected chi connectivity index (χ2v) is 4.94. The summed E-state index contributed by atoms with van der Waals surface area (Å²) < 4.78 is 5.20. The van der Waals surface area contributed by atoms with Gasteiger partial charge in [-0.05, 0) is 19.4 Å². The maximum absolute atomic E-state index is 12.1. The van der Waals surface area contributed by atoms with Gasteiger partial charge in [-0.15, -0.1) is 0 Å². The van der Waals surface area contributed by atoms with Crippen molar-refractivity contribution >= 4 is 11.8 Å². The molecule has 110 valence electrons. The van der Waals surface area contributed by atoms with Gasteiger partial charge >= 0.3 is 0 Å². The fourth-order valence-electron chi connectivity index (χ4n) is 2.08. The van der Waals surface area contributed by atoms with Crippen LogP contribution in [0.2, 0.25) is 0 Å². The molecule has 0 spiro atoms.